The maximum atomic E-state index is 12.4. The van der Waals surface area contributed by atoms with Crippen molar-refractivity contribution in [2.24, 2.45) is 5.92 Å². The molecule has 1 saturated carbocycles. The van der Waals surface area contributed by atoms with Crippen LogP contribution in [0.15, 0.2) is 0 Å². The Morgan fingerprint density at radius 1 is 1.39 bits per heavy atom. The molecule has 0 spiro atoms. The van der Waals surface area contributed by atoms with Gasteiger partial charge in [-0.05, 0) is 38.5 Å². The minimum Gasteiger partial charge on any atom is -0.396 e. The fourth-order valence-electron chi connectivity index (χ4n) is 3.42. The van der Waals surface area contributed by atoms with Gasteiger partial charge in [0, 0.05) is 25.7 Å². The van der Waals surface area contributed by atoms with E-state index in [2.05, 4.69) is 5.32 Å². The van der Waals surface area contributed by atoms with Crippen LogP contribution in [0, 0.1) is 5.92 Å². The van der Waals surface area contributed by atoms with E-state index in [1.165, 1.54) is 25.7 Å². The van der Waals surface area contributed by atoms with E-state index in [0.717, 1.165) is 13.0 Å². The molecule has 0 aromatic rings. The molecule has 1 saturated heterocycles. The van der Waals surface area contributed by atoms with Crippen molar-refractivity contribution >= 4 is 5.91 Å². The molecule has 2 fully saturated rings. The largest absolute Gasteiger partial charge is 0.396 e. The fraction of sp³-hybridized carbons (Fsp3) is 0.929. The maximum absolute atomic E-state index is 12.4. The van der Waals surface area contributed by atoms with Crippen LogP contribution in [0.25, 0.3) is 0 Å². The molecule has 1 aliphatic carbocycles. The van der Waals surface area contributed by atoms with E-state index in [1.807, 2.05) is 11.8 Å². The van der Waals surface area contributed by atoms with Crippen LogP contribution in [-0.4, -0.2) is 47.7 Å². The summed E-state index contributed by atoms with van der Waals surface area (Å²) in [5.74, 6) is 0.949. The molecular weight excluding hydrogens is 228 g/mol. The Bertz CT molecular complexity index is 269. The molecule has 4 heteroatoms. The SMILES string of the molecule is CCN(CCCO)C(=O)C1CC2CCCCC2N1. The molecule has 0 aromatic heterocycles. The van der Waals surface area contributed by atoms with Crippen molar-refractivity contribution in [1.29, 1.82) is 0 Å². The lowest BCUT2D eigenvalue weighted by Gasteiger charge is -2.25. The first-order valence-electron chi connectivity index (χ1n) is 7.42. The highest BCUT2D eigenvalue weighted by molar-refractivity contribution is 5.82. The van der Waals surface area contributed by atoms with Crippen molar-refractivity contribution in [3.05, 3.63) is 0 Å². The van der Waals surface area contributed by atoms with Gasteiger partial charge in [0.05, 0.1) is 6.04 Å². The van der Waals surface area contributed by atoms with Crippen molar-refractivity contribution in [1.82, 2.24) is 10.2 Å². The number of hydrogen-bond donors (Lipinski definition) is 2. The molecule has 1 amide bonds. The third kappa shape index (κ3) is 3.04. The molecular formula is C14H26N2O2. The average Bonchev–Trinajstić information content (AvgIpc) is 2.83. The highest BCUT2D eigenvalue weighted by atomic mass is 16.3. The summed E-state index contributed by atoms with van der Waals surface area (Å²) in [5.41, 5.74) is 0. The number of fused-ring (bicyclic) bond motifs is 1. The zero-order valence-corrected chi connectivity index (χ0v) is 11.4. The molecule has 0 radical (unpaired) electrons. The zero-order chi connectivity index (χ0) is 13.0. The number of likely N-dealkylation sites (N-methyl/N-ethyl adjacent to an activating group) is 1. The number of nitrogens with zero attached hydrogens (tertiary/aromatic N) is 1. The number of aliphatic hydroxyl groups is 1. The van der Waals surface area contributed by atoms with Crippen molar-refractivity contribution in [2.45, 2.75) is 57.5 Å². The smallest absolute Gasteiger partial charge is 0.239 e. The van der Waals surface area contributed by atoms with Gasteiger partial charge in [0.15, 0.2) is 0 Å². The van der Waals surface area contributed by atoms with Crippen molar-refractivity contribution in [3.63, 3.8) is 0 Å². The van der Waals surface area contributed by atoms with Gasteiger partial charge in [0.1, 0.15) is 0 Å². The Labute approximate surface area is 110 Å². The number of carbonyl (C=O) groups is 1. The van der Waals surface area contributed by atoms with Gasteiger partial charge in [-0.15, -0.1) is 0 Å². The monoisotopic (exact) mass is 254 g/mol. The predicted molar refractivity (Wildman–Crippen MR) is 71.2 cm³/mol. The van der Waals surface area contributed by atoms with E-state index in [0.29, 0.717) is 24.9 Å². The first-order valence-corrected chi connectivity index (χ1v) is 7.42. The molecule has 1 heterocycles. The summed E-state index contributed by atoms with van der Waals surface area (Å²) in [5, 5.41) is 12.4. The quantitative estimate of drug-likeness (QED) is 0.773. The van der Waals surface area contributed by atoms with Gasteiger partial charge < -0.3 is 15.3 Å². The number of aliphatic hydroxyl groups excluding tert-OH is 1. The first kappa shape index (κ1) is 13.8. The number of nitrogens with one attached hydrogen (secondary N) is 1. The van der Waals surface area contributed by atoms with Gasteiger partial charge in [-0.2, -0.15) is 0 Å². The standard InChI is InChI=1S/C14H26N2O2/c1-2-16(8-5-9-17)14(18)13-10-11-6-3-4-7-12(11)15-13/h11-13,15,17H,2-10H2,1H3. The van der Waals surface area contributed by atoms with E-state index < -0.39 is 0 Å². The summed E-state index contributed by atoms with van der Waals surface area (Å²) >= 11 is 0. The van der Waals surface area contributed by atoms with Crippen LogP contribution < -0.4 is 5.32 Å². The minimum absolute atomic E-state index is 0.0248. The van der Waals surface area contributed by atoms with Crippen molar-refractivity contribution in [3.8, 4) is 0 Å². The third-order valence-electron chi connectivity index (χ3n) is 4.44. The second-order valence-corrected chi connectivity index (χ2v) is 5.60. The van der Waals surface area contributed by atoms with Gasteiger partial charge in [0.25, 0.3) is 0 Å². The Kier molecular flexibility index (Phi) is 5.01. The van der Waals surface area contributed by atoms with E-state index >= 15 is 0 Å². The van der Waals surface area contributed by atoms with E-state index in [1.54, 1.807) is 0 Å². The third-order valence-corrected chi connectivity index (χ3v) is 4.44. The van der Waals surface area contributed by atoms with Crippen LogP contribution in [0.2, 0.25) is 0 Å². The highest BCUT2D eigenvalue weighted by Crippen LogP contribution is 2.33. The van der Waals surface area contributed by atoms with Gasteiger partial charge in [-0.25, -0.2) is 0 Å². The lowest BCUT2D eigenvalue weighted by Crippen LogP contribution is -2.45. The van der Waals surface area contributed by atoms with Crippen molar-refractivity contribution < 1.29 is 9.90 Å². The number of rotatable bonds is 5. The zero-order valence-electron chi connectivity index (χ0n) is 11.4. The normalized spacial score (nSPS) is 31.1. The highest BCUT2D eigenvalue weighted by Gasteiger charge is 2.39. The number of carbonyl (C=O) groups excluding carboxylic acids is 1. The van der Waals surface area contributed by atoms with Crippen LogP contribution in [0.4, 0.5) is 0 Å². The molecule has 2 N–H and O–H groups in total. The van der Waals surface area contributed by atoms with Crippen LogP contribution in [0.1, 0.15) is 45.4 Å². The molecule has 18 heavy (non-hydrogen) atoms. The Morgan fingerprint density at radius 3 is 2.83 bits per heavy atom. The summed E-state index contributed by atoms with van der Waals surface area (Å²) in [4.78, 5) is 14.3. The minimum atomic E-state index is 0.0248. The van der Waals surface area contributed by atoms with Crippen LogP contribution in [0.3, 0.4) is 0 Å². The van der Waals surface area contributed by atoms with Gasteiger partial charge in [-0.1, -0.05) is 12.8 Å². The van der Waals surface area contributed by atoms with Gasteiger partial charge in [-0.3, -0.25) is 4.79 Å². The molecule has 104 valence electrons. The lowest BCUT2D eigenvalue weighted by atomic mass is 9.85. The van der Waals surface area contributed by atoms with Crippen LogP contribution in [-0.2, 0) is 4.79 Å². The number of hydrogen-bond acceptors (Lipinski definition) is 3. The molecule has 3 unspecified atom stereocenters. The molecule has 2 aliphatic rings. The molecule has 1 aliphatic heterocycles. The lowest BCUT2D eigenvalue weighted by molar-refractivity contribution is -0.133. The molecule has 2 rings (SSSR count). The fourth-order valence-corrected chi connectivity index (χ4v) is 3.42. The van der Waals surface area contributed by atoms with E-state index in [-0.39, 0.29) is 18.6 Å². The summed E-state index contributed by atoms with van der Waals surface area (Å²) in [6, 6.07) is 0.598. The summed E-state index contributed by atoms with van der Waals surface area (Å²) < 4.78 is 0. The van der Waals surface area contributed by atoms with Gasteiger partial charge >= 0.3 is 0 Å². The topological polar surface area (TPSA) is 52.6 Å². The molecule has 4 nitrogen and oxygen atoms in total. The molecule has 0 bridgehead atoms. The average molecular weight is 254 g/mol. The maximum Gasteiger partial charge on any atom is 0.239 e. The summed E-state index contributed by atoms with van der Waals surface area (Å²) in [6.45, 7) is 3.59. The Hall–Kier alpha value is -0.610. The Morgan fingerprint density at radius 2 is 2.17 bits per heavy atom. The van der Waals surface area contributed by atoms with Crippen LogP contribution >= 0.6 is 0 Å². The second-order valence-electron chi connectivity index (χ2n) is 5.60. The predicted octanol–water partition coefficient (Wildman–Crippen LogP) is 1.14. The Balaban J connectivity index is 1.88. The summed E-state index contributed by atoms with van der Waals surface area (Å²) in [6.07, 6.45) is 6.84. The van der Waals surface area contributed by atoms with E-state index in [9.17, 15) is 4.79 Å². The van der Waals surface area contributed by atoms with Crippen LogP contribution in [0.5, 0.6) is 0 Å². The van der Waals surface area contributed by atoms with E-state index in [4.69, 9.17) is 5.11 Å². The van der Waals surface area contributed by atoms with Crippen molar-refractivity contribution in [2.75, 3.05) is 19.7 Å². The second kappa shape index (κ2) is 6.53. The summed E-state index contributed by atoms with van der Waals surface area (Å²) in [7, 11) is 0. The first-order chi connectivity index (χ1) is 8.76. The molecule has 3 atom stereocenters. The molecule has 0 aromatic carbocycles. The number of amides is 1. The van der Waals surface area contributed by atoms with Gasteiger partial charge in [0.2, 0.25) is 5.91 Å².